The SMILES string of the molecule is CCNc1nc(Nc2cnn(C)c2)nc(OC)n1. The van der Waals surface area contributed by atoms with Crippen LogP contribution in [0, 0.1) is 0 Å². The molecule has 0 radical (unpaired) electrons. The highest BCUT2D eigenvalue weighted by Crippen LogP contribution is 2.15. The Morgan fingerprint density at radius 2 is 2.06 bits per heavy atom. The summed E-state index contributed by atoms with van der Waals surface area (Å²) in [6.45, 7) is 2.68. The second-order valence-corrected chi connectivity index (χ2v) is 3.53. The fourth-order valence-electron chi connectivity index (χ4n) is 1.36. The van der Waals surface area contributed by atoms with E-state index in [0.29, 0.717) is 11.9 Å². The molecule has 0 bridgehead atoms. The predicted octanol–water partition coefficient (Wildman–Crippen LogP) is 0.789. The summed E-state index contributed by atoms with van der Waals surface area (Å²) in [4.78, 5) is 12.4. The maximum atomic E-state index is 5.02. The van der Waals surface area contributed by atoms with Gasteiger partial charge in [-0.25, -0.2) is 0 Å². The lowest BCUT2D eigenvalue weighted by Gasteiger charge is -2.07. The third kappa shape index (κ3) is 2.84. The number of methoxy groups -OCH3 is 1. The van der Waals surface area contributed by atoms with Gasteiger partial charge in [0.05, 0.1) is 19.0 Å². The zero-order valence-electron chi connectivity index (χ0n) is 10.5. The van der Waals surface area contributed by atoms with Crippen molar-refractivity contribution in [2.45, 2.75) is 6.92 Å². The van der Waals surface area contributed by atoms with Gasteiger partial charge in [0, 0.05) is 19.8 Å². The van der Waals surface area contributed by atoms with Gasteiger partial charge in [0.2, 0.25) is 11.9 Å². The molecule has 0 aliphatic rings. The molecule has 0 fully saturated rings. The molecule has 0 aromatic carbocycles. The van der Waals surface area contributed by atoms with E-state index in [1.807, 2.05) is 20.2 Å². The van der Waals surface area contributed by atoms with Gasteiger partial charge in [-0.05, 0) is 6.92 Å². The number of aromatic nitrogens is 5. The molecule has 2 N–H and O–H groups in total. The summed E-state index contributed by atoms with van der Waals surface area (Å²) >= 11 is 0. The van der Waals surface area contributed by atoms with E-state index in [2.05, 4.69) is 30.7 Å². The zero-order chi connectivity index (χ0) is 13.0. The van der Waals surface area contributed by atoms with Crippen LogP contribution in [0.25, 0.3) is 0 Å². The van der Waals surface area contributed by atoms with Crippen LogP contribution >= 0.6 is 0 Å². The van der Waals surface area contributed by atoms with Crippen LogP contribution in [0.3, 0.4) is 0 Å². The molecule has 0 unspecified atom stereocenters. The first-order valence-electron chi connectivity index (χ1n) is 5.51. The topological polar surface area (TPSA) is 89.8 Å². The number of hydrogen-bond donors (Lipinski definition) is 2. The molecule has 0 aliphatic heterocycles. The molecule has 8 nitrogen and oxygen atoms in total. The molecule has 2 aromatic heterocycles. The third-order valence-corrected chi connectivity index (χ3v) is 2.09. The van der Waals surface area contributed by atoms with Crippen LogP contribution in [0.5, 0.6) is 6.01 Å². The highest BCUT2D eigenvalue weighted by atomic mass is 16.5. The van der Waals surface area contributed by atoms with Gasteiger partial charge in [0.15, 0.2) is 0 Å². The Morgan fingerprint density at radius 1 is 1.28 bits per heavy atom. The van der Waals surface area contributed by atoms with Crippen LogP contribution < -0.4 is 15.4 Å². The molecule has 0 atom stereocenters. The summed E-state index contributed by atoms with van der Waals surface area (Å²) in [7, 11) is 3.35. The van der Waals surface area contributed by atoms with E-state index in [1.165, 1.54) is 7.11 Å². The summed E-state index contributed by atoms with van der Waals surface area (Å²) in [5, 5.41) is 10.1. The second-order valence-electron chi connectivity index (χ2n) is 3.53. The van der Waals surface area contributed by atoms with Crippen LogP contribution in [0.4, 0.5) is 17.6 Å². The lowest BCUT2D eigenvalue weighted by molar-refractivity contribution is 0.379. The molecule has 18 heavy (non-hydrogen) atoms. The Bertz CT molecular complexity index is 525. The minimum Gasteiger partial charge on any atom is -0.467 e. The average Bonchev–Trinajstić information content (AvgIpc) is 2.75. The first kappa shape index (κ1) is 12.1. The Hall–Kier alpha value is -2.38. The fourth-order valence-corrected chi connectivity index (χ4v) is 1.36. The molecule has 0 saturated heterocycles. The van der Waals surface area contributed by atoms with Crippen molar-refractivity contribution in [2.24, 2.45) is 7.05 Å². The molecule has 8 heteroatoms. The number of nitrogens with zero attached hydrogens (tertiary/aromatic N) is 5. The first-order valence-corrected chi connectivity index (χ1v) is 5.51. The molecular formula is C10H15N7O. The van der Waals surface area contributed by atoms with E-state index in [-0.39, 0.29) is 6.01 Å². The lowest BCUT2D eigenvalue weighted by atomic mass is 10.6. The predicted molar refractivity (Wildman–Crippen MR) is 67.0 cm³/mol. The second kappa shape index (κ2) is 5.30. The van der Waals surface area contributed by atoms with Gasteiger partial charge in [0.1, 0.15) is 0 Å². The van der Waals surface area contributed by atoms with Gasteiger partial charge in [0.25, 0.3) is 0 Å². The number of ether oxygens (including phenoxy) is 1. The van der Waals surface area contributed by atoms with Gasteiger partial charge in [-0.2, -0.15) is 20.1 Å². The first-order chi connectivity index (χ1) is 8.71. The maximum absolute atomic E-state index is 5.02. The maximum Gasteiger partial charge on any atom is 0.322 e. The molecule has 2 aromatic rings. The highest BCUT2D eigenvalue weighted by Gasteiger charge is 2.07. The van der Waals surface area contributed by atoms with Crippen molar-refractivity contribution in [3.05, 3.63) is 12.4 Å². The molecule has 0 aliphatic carbocycles. The molecule has 0 saturated carbocycles. The minimum absolute atomic E-state index is 0.257. The molecule has 0 spiro atoms. The highest BCUT2D eigenvalue weighted by molar-refractivity contribution is 5.51. The van der Waals surface area contributed by atoms with Gasteiger partial charge >= 0.3 is 6.01 Å². The summed E-state index contributed by atoms with van der Waals surface area (Å²) in [5.74, 6) is 0.876. The van der Waals surface area contributed by atoms with Crippen molar-refractivity contribution >= 4 is 17.6 Å². The van der Waals surface area contributed by atoms with E-state index < -0.39 is 0 Å². The summed E-state index contributed by atoms with van der Waals surface area (Å²) < 4.78 is 6.71. The lowest BCUT2D eigenvalue weighted by Crippen LogP contribution is -2.07. The van der Waals surface area contributed by atoms with E-state index in [9.17, 15) is 0 Å². The number of rotatable bonds is 5. The van der Waals surface area contributed by atoms with Crippen molar-refractivity contribution in [3.8, 4) is 6.01 Å². The van der Waals surface area contributed by atoms with Crippen molar-refractivity contribution in [1.29, 1.82) is 0 Å². The number of aryl methyl sites for hydroxylation is 1. The third-order valence-electron chi connectivity index (χ3n) is 2.09. The van der Waals surface area contributed by atoms with Crippen LogP contribution in [-0.2, 0) is 7.05 Å². The largest absolute Gasteiger partial charge is 0.467 e. The fraction of sp³-hybridized carbons (Fsp3) is 0.400. The van der Waals surface area contributed by atoms with Gasteiger partial charge in [-0.3, -0.25) is 4.68 Å². The van der Waals surface area contributed by atoms with E-state index >= 15 is 0 Å². The van der Waals surface area contributed by atoms with Crippen molar-refractivity contribution < 1.29 is 4.74 Å². The Balaban J connectivity index is 2.23. The zero-order valence-corrected chi connectivity index (χ0v) is 10.5. The van der Waals surface area contributed by atoms with Gasteiger partial charge in [-0.1, -0.05) is 0 Å². The smallest absolute Gasteiger partial charge is 0.322 e. The van der Waals surface area contributed by atoms with E-state index in [4.69, 9.17) is 4.74 Å². The standard InChI is InChI=1S/C10H15N7O/c1-4-11-8-14-9(16-10(15-8)18-3)13-7-5-12-17(2)6-7/h5-6H,4H2,1-3H3,(H2,11,13,14,15,16). The van der Waals surface area contributed by atoms with Crippen molar-refractivity contribution in [1.82, 2.24) is 24.7 Å². The molecule has 0 amide bonds. The minimum atomic E-state index is 0.257. The average molecular weight is 249 g/mol. The van der Waals surface area contributed by atoms with Gasteiger partial charge in [-0.15, -0.1) is 0 Å². The van der Waals surface area contributed by atoms with Crippen molar-refractivity contribution in [2.75, 3.05) is 24.3 Å². The van der Waals surface area contributed by atoms with E-state index in [1.54, 1.807) is 10.9 Å². The van der Waals surface area contributed by atoms with Crippen LogP contribution in [0.1, 0.15) is 6.92 Å². The Kier molecular flexibility index (Phi) is 3.56. The van der Waals surface area contributed by atoms with Gasteiger partial charge < -0.3 is 15.4 Å². The van der Waals surface area contributed by atoms with Crippen LogP contribution in [-0.4, -0.2) is 38.4 Å². The normalized spacial score (nSPS) is 10.2. The van der Waals surface area contributed by atoms with Crippen LogP contribution in [0.15, 0.2) is 12.4 Å². The van der Waals surface area contributed by atoms with Crippen LogP contribution in [0.2, 0.25) is 0 Å². The monoisotopic (exact) mass is 249 g/mol. The molecule has 96 valence electrons. The summed E-state index contributed by atoms with van der Waals surface area (Å²) in [6.07, 6.45) is 3.51. The number of nitrogens with one attached hydrogen (secondary N) is 2. The summed E-state index contributed by atoms with van der Waals surface area (Å²) in [6, 6.07) is 0.257. The molecular weight excluding hydrogens is 234 g/mol. The molecule has 2 heterocycles. The Morgan fingerprint density at radius 3 is 2.67 bits per heavy atom. The number of anilines is 3. The number of hydrogen-bond acceptors (Lipinski definition) is 7. The quantitative estimate of drug-likeness (QED) is 0.809. The van der Waals surface area contributed by atoms with Crippen molar-refractivity contribution in [3.63, 3.8) is 0 Å². The Labute approximate surface area is 104 Å². The van der Waals surface area contributed by atoms with E-state index in [0.717, 1.165) is 12.2 Å². The molecule has 2 rings (SSSR count). The summed E-state index contributed by atoms with van der Waals surface area (Å²) in [5.41, 5.74) is 0.799.